The average molecular weight is 294 g/mol. The Bertz CT molecular complexity index is 423. The second-order valence-electron chi connectivity index (χ2n) is 4.41. The van der Waals surface area contributed by atoms with E-state index in [1.54, 1.807) is 24.3 Å². The van der Waals surface area contributed by atoms with E-state index in [1.165, 1.54) is 0 Å². The van der Waals surface area contributed by atoms with Gasteiger partial charge in [0, 0.05) is 31.7 Å². The summed E-state index contributed by atoms with van der Waals surface area (Å²) in [6.07, 6.45) is 0.943. The summed E-state index contributed by atoms with van der Waals surface area (Å²) in [5.41, 5.74) is 0.582. The lowest BCUT2D eigenvalue weighted by molar-refractivity contribution is -0.121. The molecule has 0 aromatic heterocycles. The molecule has 6 heteroatoms. The van der Waals surface area contributed by atoms with E-state index in [0.29, 0.717) is 38.3 Å². The first-order valence-electron chi connectivity index (χ1n) is 7.02. The monoisotopic (exact) mass is 294 g/mol. The lowest BCUT2D eigenvalue weighted by Gasteiger charge is -2.07. The van der Waals surface area contributed by atoms with Crippen LogP contribution in [-0.4, -0.2) is 49.8 Å². The van der Waals surface area contributed by atoms with Crippen LogP contribution in [0.25, 0.3) is 0 Å². The number of hydrogen-bond donors (Lipinski definition) is 3. The molecule has 0 aliphatic heterocycles. The van der Waals surface area contributed by atoms with Gasteiger partial charge in [-0.1, -0.05) is 18.2 Å². The minimum Gasteiger partial charge on any atom is -0.394 e. The standard InChI is InChI=1S/C15H22N2O4/c18-10-12-21-11-4-8-16-14(19)7-9-17-15(20)13-5-2-1-3-6-13/h1-3,5-6,18H,4,7-12H2,(H,16,19)(H,17,20). The van der Waals surface area contributed by atoms with Crippen LogP contribution in [0.5, 0.6) is 0 Å². The van der Waals surface area contributed by atoms with Crippen molar-refractivity contribution in [2.45, 2.75) is 12.8 Å². The molecule has 0 aliphatic carbocycles. The molecule has 6 nitrogen and oxygen atoms in total. The first-order valence-corrected chi connectivity index (χ1v) is 7.02. The van der Waals surface area contributed by atoms with Crippen molar-refractivity contribution >= 4 is 11.8 Å². The zero-order valence-corrected chi connectivity index (χ0v) is 12.0. The van der Waals surface area contributed by atoms with Gasteiger partial charge in [0.15, 0.2) is 0 Å². The van der Waals surface area contributed by atoms with Gasteiger partial charge in [-0.05, 0) is 18.6 Å². The van der Waals surface area contributed by atoms with Gasteiger partial charge in [-0.25, -0.2) is 0 Å². The number of aliphatic hydroxyl groups is 1. The Hall–Kier alpha value is -1.92. The van der Waals surface area contributed by atoms with Crippen LogP contribution in [0, 0.1) is 0 Å². The average Bonchev–Trinajstić information content (AvgIpc) is 2.51. The van der Waals surface area contributed by atoms with Crippen molar-refractivity contribution in [2.75, 3.05) is 32.9 Å². The summed E-state index contributed by atoms with van der Waals surface area (Å²) < 4.78 is 5.07. The topological polar surface area (TPSA) is 87.7 Å². The molecule has 0 aliphatic rings. The fourth-order valence-corrected chi connectivity index (χ4v) is 1.64. The molecule has 1 aromatic rings. The summed E-state index contributed by atoms with van der Waals surface area (Å²) in [5, 5.41) is 13.9. The molecule has 1 aromatic carbocycles. The number of hydrogen-bond acceptors (Lipinski definition) is 4. The van der Waals surface area contributed by atoms with Gasteiger partial charge in [0.05, 0.1) is 13.2 Å². The van der Waals surface area contributed by atoms with E-state index in [1.807, 2.05) is 6.07 Å². The summed E-state index contributed by atoms with van der Waals surface area (Å²) in [5.74, 6) is -0.286. The Morgan fingerprint density at radius 1 is 1.05 bits per heavy atom. The number of amides is 2. The lowest BCUT2D eigenvalue weighted by Crippen LogP contribution is -2.31. The lowest BCUT2D eigenvalue weighted by atomic mass is 10.2. The minimum atomic E-state index is -0.180. The van der Waals surface area contributed by atoms with Gasteiger partial charge in [-0.15, -0.1) is 0 Å². The van der Waals surface area contributed by atoms with E-state index in [4.69, 9.17) is 9.84 Å². The maximum absolute atomic E-state index is 11.7. The van der Waals surface area contributed by atoms with Crippen LogP contribution < -0.4 is 10.6 Å². The molecule has 0 unspecified atom stereocenters. The highest BCUT2D eigenvalue weighted by Gasteiger charge is 2.05. The largest absolute Gasteiger partial charge is 0.394 e. The number of carbonyl (C=O) groups is 2. The van der Waals surface area contributed by atoms with Crippen molar-refractivity contribution in [1.29, 1.82) is 0 Å². The molecule has 1 rings (SSSR count). The second-order valence-corrected chi connectivity index (χ2v) is 4.41. The summed E-state index contributed by atoms with van der Waals surface area (Å²) in [7, 11) is 0. The molecule has 116 valence electrons. The second kappa shape index (κ2) is 10.8. The number of nitrogens with one attached hydrogen (secondary N) is 2. The van der Waals surface area contributed by atoms with E-state index < -0.39 is 0 Å². The van der Waals surface area contributed by atoms with Crippen molar-refractivity contribution in [3.63, 3.8) is 0 Å². The molecule has 2 amide bonds. The Balaban J connectivity index is 2.04. The van der Waals surface area contributed by atoms with E-state index >= 15 is 0 Å². The van der Waals surface area contributed by atoms with Crippen LogP contribution in [0.3, 0.4) is 0 Å². The third-order valence-electron chi connectivity index (χ3n) is 2.70. The number of carbonyl (C=O) groups excluding carboxylic acids is 2. The van der Waals surface area contributed by atoms with Crippen LogP contribution in [0.4, 0.5) is 0 Å². The summed E-state index contributed by atoms with van der Waals surface area (Å²) in [6.45, 7) is 1.66. The summed E-state index contributed by atoms with van der Waals surface area (Å²) in [4.78, 5) is 23.2. The fourth-order valence-electron chi connectivity index (χ4n) is 1.64. The van der Waals surface area contributed by atoms with E-state index in [9.17, 15) is 9.59 Å². The Morgan fingerprint density at radius 3 is 2.52 bits per heavy atom. The Kier molecular flexibility index (Phi) is 8.83. The van der Waals surface area contributed by atoms with Gasteiger partial charge in [-0.3, -0.25) is 9.59 Å². The van der Waals surface area contributed by atoms with Gasteiger partial charge in [0.1, 0.15) is 0 Å². The molecular formula is C15H22N2O4. The van der Waals surface area contributed by atoms with Gasteiger partial charge in [0.25, 0.3) is 5.91 Å². The van der Waals surface area contributed by atoms with Gasteiger partial charge in [-0.2, -0.15) is 0 Å². The molecule has 0 fully saturated rings. The maximum atomic E-state index is 11.7. The van der Waals surface area contributed by atoms with Crippen LogP contribution in [-0.2, 0) is 9.53 Å². The normalized spacial score (nSPS) is 10.1. The third-order valence-corrected chi connectivity index (χ3v) is 2.70. The first kappa shape index (κ1) is 17.1. The third kappa shape index (κ3) is 8.06. The zero-order chi connectivity index (χ0) is 15.3. The van der Waals surface area contributed by atoms with Crippen LogP contribution in [0.1, 0.15) is 23.2 Å². The highest BCUT2D eigenvalue weighted by molar-refractivity contribution is 5.94. The molecule has 0 radical (unpaired) electrons. The smallest absolute Gasteiger partial charge is 0.251 e. The van der Waals surface area contributed by atoms with Crippen LogP contribution in [0.2, 0.25) is 0 Å². The summed E-state index contributed by atoms with van der Waals surface area (Å²) >= 11 is 0. The predicted octanol–water partition coefficient (Wildman–Crippen LogP) is 0.322. The molecule has 21 heavy (non-hydrogen) atoms. The van der Waals surface area contributed by atoms with Crippen molar-refractivity contribution in [3.05, 3.63) is 35.9 Å². The molecule has 0 atom stereocenters. The van der Waals surface area contributed by atoms with E-state index in [2.05, 4.69) is 10.6 Å². The highest BCUT2D eigenvalue weighted by atomic mass is 16.5. The van der Waals surface area contributed by atoms with Crippen molar-refractivity contribution < 1.29 is 19.4 Å². The number of benzene rings is 1. The predicted molar refractivity (Wildman–Crippen MR) is 78.9 cm³/mol. The van der Waals surface area contributed by atoms with E-state index in [-0.39, 0.29) is 24.8 Å². The molecule has 0 heterocycles. The SMILES string of the molecule is O=C(CCNC(=O)c1ccccc1)NCCCOCCO. The first-order chi connectivity index (χ1) is 10.2. The molecule has 0 spiro atoms. The summed E-state index contributed by atoms with van der Waals surface area (Å²) in [6, 6.07) is 8.87. The van der Waals surface area contributed by atoms with Gasteiger partial charge < -0.3 is 20.5 Å². The maximum Gasteiger partial charge on any atom is 0.251 e. The minimum absolute atomic E-state index is 0.00741. The molecule has 0 saturated heterocycles. The molecule has 0 bridgehead atoms. The Labute approximate surface area is 124 Å². The Morgan fingerprint density at radius 2 is 1.81 bits per heavy atom. The number of aliphatic hydroxyl groups excluding tert-OH is 1. The van der Waals surface area contributed by atoms with Crippen LogP contribution in [0.15, 0.2) is 30.3 Å². The molecular weight excluding hydrogens is 272 g/mol. The van der Waals surface area contributed by atoms with Gasteiger partial charge >= 0.3 is 0 Å². The van der Waals surface area contributed by atoms with Crippen molar-refractivity contribution in [3.8, 4) is 0 Å². The molecule has 3 N–H and O–H groups in total. The van der Waals surface area contributed by atoms with E-state index in [0.717, 1.165) is 0 Å². The highest BCUT2D eigenvalue weighted by Crippen LogP contribution is 1.97. The van der Waals surface area contributed by atoms with Gasteiger partial charge in [0.2, 0.25) is 5.91 Å². The molecule has 0 saturated carbocycles. The quantitative estimate of drug-likeness (QED) is 0.542. The number of ether oxygens (including phenoxy) is 1. The number of rotatable bonds is 10. The van der Waals surface area contributed by atoms with Crippen LogP contribution >= 0.6 is 0 Å². The zero-order valence-electron chi connectivity index (χ0n) is 12.0. The van der Waals surface area contributed by atoms with Crippen molar-refractivity contribution in [2.24, 2.45) is 0 Å². The van der Waals surface area contributed by atoms with Crippen molar-refractivity contribution in [1.82, 2.24) is 10.6 Å². The fraction of sp³-hybridized carbons (Fsp3) is 0.467.